The van der Waals surface area contributed by atoms with Crippen LogP contribution in [0.2, 0.25) is 0 Å². The van der Waals surface area contributed by atoms with Gasteiger partial charge in [-0.05, 0) is 74.3 Å². The molecule has 0 bridgehead atoms. The van der Waals surface area contributed by atoms with Crippen molar-refractivity contribution in [3.8, 4) is 0 Å². The topological polar surface area (TPSA) is 7.68 Å². The Hall–Kier alpha value is -2.58. The van der Waals surface area contributed by atoms with Crippen molar-refractivity contribution in [3.63, 3.8) is 0 Å². The minimum absolute atomic E-state index is 0.468. The van der Waals surface area contributed by atoms with E-state index in [4.69, 9.17) is 0 Å². The third-order valence-corrected chi connectivity index (χ3v) is 5.98. The van der Waals surface area contributed by atoms with E-state index in [9.17, 15) is 0 Å². The minimum Gasteiger partial charge on any atom is -0.372 e. The van der Waals surface area contributed by atoms with Crippen molar-refractivity contribution in [2.45, 2.75) is 33.7 Å². The number of likely N-dealkylation sites (N-methyl/N-ethyl adjacent to an activating group) is 1. The fourth-order valence-corrected chi connectivity index (χ4v) is 4.23. The molecular weight excluding hydrogens is 352 g/mol. The van der Waals surface area contributed by atoms with Gasteiger partial charge < -0.3 is 9.80 Å². The van der Waals surface area contributed by atoms with Crippen molar-refractivity contribution < 1.29 is 4.90 Å². The third kappa shape index (κ3) is 4.89. The van der Waals surface area contributed by atoms with Gasteiger partial charge in [0.05, 0.1) is 13.1 Å². The van der Waals surface area contributed by atoms with Crippen LogP contribution in [-0.4, -0.2) is 32.2 Å². The summed E-state index contributed by atoms with van der Waals surface area (Å²) in [6, 6.07) is 20.3. The van der Waals surface area contributed by atoms with Gasteiger partial charge in [0, 0.05) is 18.8 Å². The lowest BCUT2D eigenvalue weighted by Crippen LogP contribution is -3.14. The van der Waals surface area contributed by atoms with Gasteiger partial charge in [0.15, 0.2) is 0 Å². The van der Waals surface area contributed by atoms with Gasteiger partial charge >= 0.3 is 0 Å². The molecule has 3 rings (SSSR count). The lowest BCUT2D eigenvalue weighted by molar-refractivity contribution is -0.908. The Kier molecular flexibility index (Phi) is 7.48. The van der Waals surface area contributed by atoms with Crippen LogP contribution in [0.25, 0.3) is 5.57 Å². The fraction of sp³-hybridized carbons (Fsp3) is 0.333. The SMILES string of the molecule is CCN(CC)c1ccc(C(=C2C=CC([NH+](CC)CC)C=C2)c2ccccc2)cc1. The predicted octanol–water partition coefficient (Wildman–Crippen LogP) is 4.75. The molecule has 2 heteroatoms. The van der Waals surface area contributed by atoms with E-state index in [1.807, 2.05) is 0 Å². The fourth-order valence-electron chi connectivity index (χ4n) is 4.23. The number of benzene rings is 2. The van der Waals surface area contributed by atoms with E-state index < -0.39 is 0 Å². The van der Waals surface area contributed by atoms with Gasteiger partial charge in [-0.2, -0.15) is 0 Å². The average molecular weight is 388 g/mol. The molecule has 1 aliphatic carbocycles. The lowest BCUT2D eigenvalue weighted by Gasteiger charge is -2.24. The van der Waals surface area contributed by atoms with E-state index in [1.54, 1.807) is 4.90 Å². The molecule has 0 aromatic heterocycles. The van der Waals surface area contributed by atoms with Crippen molar-refractivity contribution in [2.24, 2.45) is 0 Å². The van der Waals surface area contributed by atoms with E-state index in [2.05, 4.69) is 111 Å². The standard InChI is InChI=1S/C27H34N2/c1-5-28(6-2)25-18-14-23(15-19-25)27(22-12-10-9-11-13-22)24-16-20-26(21-17-24)29(7-3)8-4/h9-21,25H,5-8H2,1-4H3/p+1. The van der Waals surface area contributed by atoms with Gasteiger partial charge in [-0.1, -0.05) is 54.6 Å². The summed E-state index contributed by atoms with van der Waals surface area (Å²) in [6.07, 6.45) is 9.36. The second-order valence-corrected chi connectivity index (χ2v) is 7.52. The smallest absolute Gasteiger partial charge is 0.125 e. The minimum atomic E-state index is 0.468. The molecule has 0 spiro atoms. The Balaban J connectivity index is 2.00. The molecule has 0 fully saturated rings. The quantitative estimate of drug-likeness (QED) is 0.686. The third-order valence-electron chi connectivity index (χ3n) is 5.98. The molecule has 0 amide bonds. The largest absolute Gasteiger partial charge is 0.372 e. The molecule has 0 saturated heterocycles. The molecule has 2 aromatic carbocycles. The highest BCUT2D eigenvalue weighted by Crippen LogP contribution is 2.31. The zero-order valence-electron chi connectivity index (χ0n) is 18.4. The first kappa shape index (κ1) is 21.1. The maximum Gasteiger partial charge on any atom is 0.125 e. The van der Waals surface area contributed by atoms with Crippen LogP contribution in [0.1, 0.15) is 38.8 Å². The summed E-state index contributed by atoms with van der Waals surface area (Å²) in [5.74, 6) is 0. The Labute approximate surface area is 176 Å². The van der Waals surface area contributed by atoms with E-state index in [0.29, 0.717) is 6.04 Å². The van der Waals surface area contributed by atoms with Crippen LogP contribution in [0, 0.1) is 0 Å². The monoisotopic (exact) mass is 387 g/mol. The maximum absolute atomic E-state index is 2.39. The first-order valence-electron chi connectivity index (χ1n) is 11.1. The molecule has 2 nitrogen and oxygen atoms in total. The first-order chi connectivity index (χ1) is 14.2. The Bertz CT molecular complexity index is 835. The molecule has 0 saturated carbocycles. The molecule has 1 N–H and O–H groups in total. The molecule has 0 unspecified atom stereocenters. The van der Waals surface area contributed by atoms with E-state index in [-0.39, 0.29) is 0 Å². The molecular formula is C27H35N2+. The Morgan fingerprint density at radius 3 is 1.83 bits per heavy atom. The molecule has 152 valence electrons. The number of hydrogen-bond donors (Lipinski definition) is 1. The van der Waals surface area contributed by atoms with Crippen LogP contribution in [-0.2, 0) is 0 Å². The van der Waals surface area contributed by atoms with Gasteiger partial charge in [-0.15, -0.1) is 0 Å². The van der Waals surface area contributed by atoms with E-state index in [1.165, 1.54) is 28.0 Å². The van der Waals surface area contributed by atoms with Crippen molar-refractivity contribution in [2.75, 3.05) is 31.1 Å². The van der Waals surface area contributed by atoms with Crippen LogP contribution >= 0.6 is 0 Å². The summed E-state index contributed by atoms with van der Waals surface area (Å²) in [7, 11) is 0. The maximum atomic E-state index is 2.39. The van der Waals surface area contributed by atoms with Crippen molar-refractivity contribution >= 4 is 11.3 Å². The predicted molar refractivity (Wildman–Crippen MR) is 127 cm³/mol. The molecule has 1 aliphatic rings. The number of allylic oxidation sites excluding steroid dienone is 3. The summed E-state index contributed by atoms with van der Waals surface area (Å²) in [6.45, 7) is 13.3. The highest BCUT2D eigenvalue weighted by atomic mass is 15.1. The number of quaternary nitrogens is 1. The number of nitrogens with zero attached hydrogens (tertiary/aromatic N) is 1. The van der Waals surface area contributed by atoms with Gasteiger partial charge in [0.1, 0.15) is 6.04 Å². The summed E-state index contributed by atoms with van der Waals surface area (Å²) >= 11 is 0. The van der Waals surface area contributed by atoms with Crippen LogP contribution in [0.4, 0.5) is 5.69 Å². The number of nitrogens with one attached hydrogen (secondary N) is 1. The van der Waals surface area contributed by atoms with Gasteiger partial charge in [-0.25, -0.2) is 0 Å². The molecule has 0 radical (unpaired) electrons. The highest BCUT2D eigenvalue weighted by molar-refractivity contribution is 5.86. The molecule has 29 heavy (non-hydrogen) atoms. The average Bonchev–Trinajstić information content (AvgIpc) is 2.78. The normalized spacial score (nSPS) is 15.8. The Morgan fingerprint density at radius 1 is 0.759 bits per heavy atom. The zero-order valence-corrected chi connectivity index (χ0v) is 18.4. The van der Waals surface area contributed by atoms with E-state index in [0.717, 1.165) is 26.2 Å². The highest BCUT2D eigenvalue weighted by Gasteiger charge is 2.18. The van der Waals surface area contributed by atoms with Crippen LogP contribution in [0.15, 0.2) is 84.5 Å². The van der Waals surface area contributed by atoms with Crippen molar-refractivity contribution in [3.05, 3.63) is 95.6 Å². The van der Waals surface area contributed by atoms with Crippen molar-refractivity contribution in [1.29, 1.82) is 0 Å². The van der Waals surface area contributed by atoms with Crippen LogP contribution in [0.3, 0.4) is 0 Å². The first-order valence-corrected chi connectivity index (χ1v) is 11.1. The van der Waals surface area contributed by atoms with E-state index >= 15 is 0 Å². The summed E-state index contributed by atoms with van der Waals surface area (Å²) < 4.78 is 0. The molecule has 2 aromatic rings. The second kappa shape index (κ2) is 10.3. The molecule has 0 atom stereocenters. The van der Waals surface area contributed by atoms with Gasteiger partial charge in [-0.3, -0.25) is 0 Å². The van der Waals surface area contributed by atoms with Gasteiger partial charge in [0.25, 0.3) is 0 Å². The lowest BCUT2D eigenvalue weighted by atomic mass is 9.90. The second-order valence-electron chi connectivity index (χ2n) is 7.52. The summed E-state index contributed by atoms with van der Waals surface area (Å²) in [4.78, 5) is 3.98. The summed E-state index contributed by atoms with van der Waals surface area (Å²) in [5, 5.41) is 0. The van der Waals surface area contributed by atoms with Crippen LogP contribution < -0.4 is 9.80 Å². The van der Waals surface area contributed by atoms with Crippen molar-refractivity contribution in [1.82, 2.24) is 0 Å². The number of hydrogen-bond acceptors (Lipinski definition) is 1. The molecule has 0 heterocycles. The number of rotatable bonds is 8. The molecule has 0 aliphatic heterocycles. The number of anilines is 1. The zero-order chi connectivity index (χ0) is 20.6. The van der Waals surface area contributed by atoms with Crippen LogP contribution in [0.5, 0.6) is 0 Å². The van der Waals surface area contributed by atoms with Gasteiger partial charge in [0.2, 0.25) is 0 Å². The Morgan fingerprint density at radius 2 is 1.31 bits per heavy atom. The summed E-state index contributed by atoms with van der Waals surface area (Å²) in [5.41, 5.74) is 6.41.